The molecule has 0 saturated carbocycles. The van der Waals surface area contributed by atoms with E-state index in [0.717, 1.165) is 43.7 Å². The molecule has 2 aromatic heterocycles. The van der Waals surface area contributed by atoms with Crippen LogP contribution in [0.2, 0.25) is 0 Å². The van der Waals surface area contributed by atoms with E-state index in [4.69, 9.17) is 9.47 Å². The first-order valence-corrected chi connectivity index (χ1v) is 16.7. The summed E-state index contributed by atoms with van der Waals surface area (Å²) in [6.07, 6.45) is 0. The molecule has 0 radical (unpaired) electrons. The van der Waals surface area contributed by atoms with Crippen molar-refractivity contribution in [3.8, 4) is 32.6 Å². The Morgan fingerprint density at radius 2 is 0.761 bits per heavy atom. The van der Waals surface area contributed by atoms with Crippen LogP contribution in [0, 0.1) is 0 Å². The normalized spacial score (nSPS) is 10.8. The first-order valence-electron chi connectivity index (χ1n) is 15.0. The lowest BCUT2D eigenvalue weighted by atomic mass is 10.2. The van der Waals surface area contributed by atoms with Gasteiger partial charge in [-0.05, 0) is 83.9 Å². The number of fused-ring (bicyclic) bond motifs is 2. The first kappa shape index (κ1) is 29.4. The quantitative estimate of drug-likeness (QED) is 0.167. The summed E-state index contributed by atoms with van der Waals surface area (Å²) in [5.41, 5.74) is 6.69. The number of nitrogens with zero attached hydrogens (tertiary/aromatic N) is 2. The highest BCUT2D eigenvalue weighted by molar-refractivity contribution is 7.22. The van der Waals surface area contributed by atoms with Crippen LogP contribution in [0.3, 0.4) is 0 Å². The van der Waals surface area contributed by atoms with Crippen LogP contribution in [0.25, 0.3) is 41.6 Å². The monoisotopic (exact) mass is 634 g/mol. The third-order valence-corrected chi connectivity index (χ3v) is 9.46. The SMILES string of the molecule is c1ccc(COc2ccc(-c3nc4ccccc4s3)cc2)cc1.c1ccc(COc2ccc(-c3nc4ccccc4s3)cc2)cc1. The Balaban J connectivity index is 0.000000147. The molecule has 224 valence electrons. The average molecular weight is 635 g/mol. The van der Waals surface area contributed by atoms with Crippen molar-refractivity contribution in [2.45, 2.75) is 13.2 Å². The molecule has 46 heavy (non-hydrogen) atoms. The number of rotatable bonds is 8. The van der Waals surface area contributed by atoms with Gasteiger partial charge in [0.2, 0.25) is 0 Å². The molecule has 0 spiro atoms. The van der Waals surface area contributed by atoms with Crippen molar-refractivity contribution in [2.24, 2.45) is 0 Å². The highest BCUT2D eigenvalue weighted by Gasteiger charge is 2.07. The number of hydrogen-bond acceptors (Lipinski definition) is 6. The van der Waals surface area contributed by atoms with Gasteiger partial charge in [0.1, 0.15) is 34.7 Å². The van der Waals surface area contributed by atoms with E-state index in [1.54, 1.807) is 22.7 Å². The lowest BCUT2D eigenvalue weighted by Gasteiger charge is -2.06. The fourth-order valence-electron chi connectivity index (χ4n) is 4.86. The maximum Gasteiger partial charge on any atom is 0.124 e. The summed E-state index contributed by atoms with van der Waals surface area (Å²) in [6, 6.07) is 53.1. The van der Waals surface area contributed by atoms with Crippen LogP contribution in [-0.2, 0) is 13.2 Å². The van der Waals surface area contributed by atoms with Gasteiger partial charge in [0.05, 0.1) is 20.4 Å². The molecular formula is C40H30N2O2S2. The van der Waals surface area contributed by atoms with E-state index in [2.05, 4.69) is 70.6 Å². The molecule has 0 aliphatic carbocycles. The van der Waals surface area contributed by atoms with Gasteiger partial charge in [-0.3, -0.25) is 0 Å². The van der Waals surface area contributed by atoms with E-state index in [1.165, 1.54) is 20.5 Å². The van der Waals surface area contributed by atoms with Gasteiger partial charge in [0.25, 0.3) is 0 Å². The maximum atomic E-state index is 5.82. The molecule has 0 fully saturated rings. The molecule has 0 amide bonds. The van der Waals surface area contributed by atoms with Crippen LogP contribution in [0.5, 0.6) is 11.5 Å². The van der Waals surface area contributed by atoms with E-state index < -0.39 is 0 Å². The molecule has 0 bridgehead atoms. The largest absolute Gasteiger partial charge is 0.489 e. The standard InChI is InChI=1S/2C20H15NOS/c2*1-2-6-15(7-3-1)14-22-17-12-10-16(11-13-17)20-21-18-8-4-5-9-19(18)23-20/h2*1-13H,14H2. The van der Waals surface area contributed by atoms with Crippen LogP contribution in [0.4, 0.5) is 0 Å². The third-order valence-electron chi connectivity index (χ3n) is 7.29. The van der Waals surface area contributed by atoms with Crippen LogP contribution in [-0.4, -0.2) is 9.97 Å². The number of hydrogen-bond donors (Lipinski definition) is 0. The molecule has 0 aliphatic rings. The molecule has 2 heterocycles. The predicted octanol–water partition coefficient (Wildman–Crippen LogP) is 11.1. The Hall–Kier alpha value is -5.30. The smallest absolute Gasteiger partial charge is 0.124 e. The second-order valence-corrected chi connectivity index (χ2v) is 12.6. The molecule has 8 rings (SSSR count). The zero-order chi connectivity index (χ0) is 31.0. The van der Waals surface area contributed by atoms with E-state index in [9.17, 15) is 0 Å². The number of benzene rings is 6. The predicted molar refractivity (Wildman–Crippen MR) is 192 cm³/mol. The molecular weight excluding hydrogens is 605 g/mol. The van der Waals surface area contributed by atoms with Crippen molar-refractivity contribution in [2.75, 3.05) is 0 Å². The Bertz CT molecular complexity index is 1920. The van der Waals surface area contributed by atoms with E-state index in [0.29, 0.717) is 13.2 Å². The van der Waals surface area contributed by atoms with Crippen molar-refractivity contribution in [3.63, 3.8) is 0 Å². The Morgan fingerprint density at radius 1 is 0.391 bits per heavy atom. The van der Waals surface area contributed by atoms with E-state index in [1.807, 2.05) is 97.1 Å². The summed E-state index contributed by atoms with van der Waals surface area (Å²) in [7, 11) is 0. The van der Waals surface area contributed by atoms with Gasteiger partial charge in [-0.2, -0.15) is 0 Å². The molecule has 0 aliphatic heterocycles. The first-order chi connectivity index (χ1) is 22.8. The topological polar surface area (TPSA) is 44.2 Å². The summed E-state index contributed by atoms with van der Waals surface area (Å²) in [5.74, 6) is 1.75. The molecule has 8 aromatic rings. The minimum atomic E-state index is 0.585. The van der Waals surface area contributed by atoms with Crippen LogP contribution >= 0.6 is 22.7 Å². The van der Waals surface area contributed by atoms with Crippen molar-refractivity contribution in [1.82, 2.24) is 9.97 Å². The van der Waals surface area contributed by atoms with Crippen molar-refractivity contribution < 1.29 is 9.47 Å². The molecule has 6 heteroatoms. The molecule has 6 aromatic carbocycles. The van der Waals surface area contributed by atoms with Gasteiger partial charge in [0.15, 0.2) is 0 Å². The highest BCUT2D eigenvalue weighted by Crippen LogP contribution is 2.32. The minimum absolute atomic E-state index is 0.585. The minimum Gasteiger partial charge on any atom is -0.489 e. The lowest BCUT2D eigenvalue weighted by molar-refractivity contribution is 0.306. The average Bonchev–Trinajstić information content (AvgIpc) is 3.77. The molecule has 0 saturated heterocycles. The fourth-order valence-corrected chi connectivity index (χ4v) is 6.80. The van der Waals surface area contributed by atoms with Gasteiger partial charge in [-0.1, -0.05) is 84.9 Å². The van der Waals surface area contributed by atoms with Gasteiger partial charge in [0, 0.05) is 11.1 Å². The van der Waals surface area contributed by atoms with Gasteiger partial charge in [-0.15, -0.1) is 22.7 Å². The van der Waals surface area contributed by atoms with Gasteiger partial charge in [-0.25, -0.2) is 9.97 Å². The molecule has 4 nitrogen and oxygen atoms in total. The Morgan fingerprint density at radius 3 is 1.15 bits per heavy atom. The summed E-state index contributed by atoms with van der Waals surface area (Å²) < 4.78 is 14.1. The zero-order valence-corrected chi connectivity index (χ0v) is 26.6. The number of thiazole rings is 2. The summed E-state index contributed by atoms with van der Waals surface area (Å²) in [4.78, 5) is 9.37. The third kappa shape index (κ3) is 7.32. The van der Waals surface area contributed by atoms with Crippen LogP contribution in [0.15, 0.2) is 158 Å². The zero-order valence-electron chi connectivity index (χ0n) is 25.0. The second-order valence-electron chi connectivity index (χ2n) is 10.6. The Kier molecular flexibility index (Phi) is 9.08. The number of aromatic nitrogens is 2. The molecule has 0 atom stereocenters. The molecule has 0 N–H and O–H groups in total. The summed E-state index contributed by atoms with van der Waals surface area (Å²) in [6.45, 7) is 1.17. The van der Waals surface area contributed by atoms with Gasteiger partial charge >= 0.3 is 0 Å². The summed E-state index contributed by atoms with van der Waals surface area (Å²) >= 11 is 3.43. The van der Waals surface area contributed by atoms with Crippen molar-refractivity contribution in [3.05, 3.63) is 169 Å². The van der Waals surface area contributed by atoms with E-state index in [-0.39, 0.29) is 0 Å². The Labute approximate surface area is 276 Å². The fraction of sp³-hybridized carbons (Fsp3) is 0.0500. The van der Waals surface area contributed by atoms with E-state index >= 15 is 0 Å². The number of para-hydroxylation sites is 2. The van der Waals surface area contributed by atoms with Crippen molar-refractivity contribution in [1.29, 1.82) is 0 Å². The maximum absolute atomic E-state index is 5.82. The highest BCUT2D eigenvalue weighted by atomic mass is 32.1. The van der Waals surface area contributed by atoms with Crippen molar-refractivity contribution >= 4 is 43.1 Å². The molecule has 0 unspecified atom stereocenters. The van der Waals surface area contributed by atoms with Gasteiger partial charge < -0.3 is 9.47 Å². The summed E-state index contributed by atoms with van der Waals surface area (Å²) in [5, 5.41) is 2.08. The second kappa shape index (κ2) is 14.2. The number of ether oxygens (including phenoxy) is 2. The lowest BCUT2D eigenvalue weighted by Crippen LogP contribution is -1.94. The van der Waals surface area contributed by atoms with Crippen LogP contribution < -0.4 is 9.47 Å². The van der Waals surface area contributed by atoms with Crippen LogP contribution in [0.1, 0.15) is 11.1 Å².